The smallest absolute Gasteiger partial charge is 0.135 e. The Kier molecular flexibility index (Phi) is 3.39. The van der Waals surface area contributed by atoms with Gasteiger partial charge in [-0.05, 0) is 24.3 Å². The van der Waals surface area contributed by atoms with E-state index >= 15 is 0 Å². The lowest BCUT2D eigenvalue weighted by Gasteiger charge is -2.13. The van der Waals surface area contributed by atoms with Crippen molar-refractivity contribution in [2.75, 3.05) is 0 Å². The zero-order valence-electron chi connectivity index (χ0n) is 12.2. The molecule has 0 aliphatic carbocycles. The van der Waals surface area contributed by atoms with Crippen LogP contribution >= 0.6 is 11.6 Å². The van der Waals surface area contributed by atoms with Gasteiger partial charge in [-0.25, -0.2) is 4.98 Å². The summed E-state index contributed by atoms with van der Waals surface area (Å²) in [5.74, 6) is 0.233. The van der Waals surface area contributed by atoms with E-state index in [0.717, 1.165) is 27.7 Å². The quantitative estimate of drug-likeness (QED) is 0.700. The topological polar surface area (TPSA) is 57.5 Å². The second-order valence-electron chi connectivity index (χ2n) is 5.52. The number of fused-ring (bicyclic) bond motifs is 1. The Hall–Kier alpha value is -2.59. The lowest BCUT2D eigenvalue weighted by molar-refractivity contribution is 0.474. The maximum Gasteiger partial charge on any atom is 0.135 e. The zero-order valence-corrected chi connectivity index (χ0v) is 13.0. The van der Waals surface area contributed by atoms with Crippen LogP contribution < -0.4 is 5.43 Å². The molecule has 1 aliphatic heterocycles. The lowest BCUT2D eigenvalue weighted by Crippen LogP contribution is -2.11. The van der Waals surface area contributed by atoms with Crippen molar-refractivity contribution in [1.29, 1.82) is 0 Å². The Morgan fingerprint density at radius 3 is 2.74 bits per heavy atom. The van der Waals surface area contributed by atoms with Gasteiger partial charge in [-0.3, -0.25) is 0 Å². The number of benzene rings is 2. The van der Waals surface area contributed by atoms with Gasteiger partial charge in [0.15, 0.2) is 0 Å². The van der Waals surface area contributed by atoms with Crippen molar-refractivity contribution in [2.45, 2.75) is 12.5 Å². The number of rotatable bonds is 2. The van der Waals surface area contributed by atoms with Gasteiger partial charge in [0, 0.05) is 22.9 Å². The van der Waals surface area contributed by atoms with Crippen LogP contribution in [0.4, 0.5) is 0 Å². The van der Waals surface area contributed by atoms with Crippen LogP contribution in [0.15, 0.2) is 59.7 Å². The number of aromatic hydroxyl groups is 1. The fourth-order valence-electron chi connectivity index (χ4n) is 2.86. The normalized spacial score (nSPS) is 17.1. The molecule has 0 fully saturated rings. The average molecular weight is 324 g/mol. The van der Waals surface area contributed by atoms with Crippen molar-refractivity contribution < 1.29 is 5.11 Å². The van der Waals surface area contributed by atoms with Crippen molar-refractivity contribution >= 4 is 28.2 Å². The first kappa shape index (κ1) is 14.0. The van der Waals surface area contributed by atoms with Gasteiger partial charge in [0.2, 0.25) is 0 Å². The molecule has 0 bridgehead atoms. The van der Waals surface area contributed by atoms with E-state index in [1.807, 2.05) is 42.5 Å². The number of para-hydroxylation sites is 2. The summed E-state index contributed by atoms with van der Waals surface area (Å²) in [5, 5.41) is 15.9. The minimum atomic E-state index is -0.0470. The molecular formula is C18H14ClN3O. The summed E-state index contributed by atoms with van der Waals surface area (Å²) in [6.07, 6.45) is 0.650. The van der Waals surface area contributed by atoms with E-state index in [4.69, 9.17) is 11.6 Å². The fraction of sp³-hybridized carbons (Fsp3) is 0.111. The number of aromatic nitrogens is 1. The number of hydrogen-bond acceptors (Lipinski definition) is 4. The molecule has 1 aromatic heterocycles. The Bertz CT molecular complexity index is 923. The van der Waals surface area contributed by atoms with Crippen LogP contribution in [-0.2, 0) is 0 Å². The molecule has 2 heterocycles. The highest BCUT2D eigenvalue weighted by Gasteiger charge is 2.25. The number of hydrogen-bond donors (Lipinski definition) is 2. The predicted octanol–water partition coefficient (Wildman–Crippen LogP) is 4.03. The average Bonchev–Trinajstić information content (AvgIpc) is 3.04. The zero-order chi connectivity index (χ0) is 15.8. The second kappa shape index (κ2) is 5.56. The van der Waals surface area contributed by atoms with Gasteiger partial charge in [-0.2, -0.15) is 5.10 Å². The molecule has 0 amide bonds. The first-order valence-electron chi connectivity index (χ1n) is 7.38. The van der Waals surface area contributed by atoms with Crippen molar-refractivity contribution in [1.82, 2.24) is 10.4 Å². The number of pyridine rings is 1. The minimum absolute atomic E-state index is 0.0470. The van der Waals surface area contributed by atoms with Crippen LogP contribution in [0.25, 0.3) is 10.9 Å². The fourth-order valence-corrected chi connectivity index (χ4v) is 3.14. The summed E-state index contributed by atoms with van der Waals surface area (Å²) in [6, 6.07) is 17.1. The van der Waals surface area contributed by atoms with Crippen LogP contribution in [0.2, 0.25) is 5.15 Å². The molecular weight excluding hydrogens is 310 g/mol. The second-order valence-corrected chi connectivity index (χ2v) is 5.88. The highest BCUT2D eigenvalue weighted by molar-refractivity contribution is 6.30. The minimum Gasteiger partial charge on any atom is -0.507 e. The molecule has 4 rings (SSSR count). The van der Waals surface area contributed by atoms with Crippen molar-refractivity contribution in [3.8, 4) is 5.75 Å². The van der Waals surface area contributed by atoms with E-state index in [1.54, 1.807) is 12.1 Å². The maximum atomic E-state index is 9.98. The molecule has 1 atom stereocenters. The first-order valence-corrected chi connectivity index (χ1v) is 7.76. The summed E-state index contributed by atoms with van der Waals surface area (Å²) in [7, 11) is 0. The van der Waals surface area contributed by atoms with Gasteiger partial charge in [-0.1, -0.05) is 41.9 Å². The van der Waals surface area contributed by atoms with E-state index in [9.17, 15) is 5.11 Å². The standard InChI is InChI=1S/C18H14ClN3O/c19-18-13(9-11-5-1-3-7-14(11)20-18)16-10-15(21-22-16)12-6-2-4-8-17(12)23/h1-9,16,22-23H,10H2/t16-/m1/s1. The van der Waals surface area contributed by atoms with Gasteiger partial charge < -0.3 is 10.5 Å². The molecule has 0 saturated heterocycles. The van der Waals surface area contributed by atoms with Crippen LogP contribution in [-0.4, -0.2) is 15.8 Å². The highest BCUT2D eigenvalue weighted by Crippen LogP contribution is 2.32. The van der Waals surface area contributed by atoms with Crippen LogP contribution in [0, 0.1) is 0 Å². The molecule has 2 aromatic carbocycles. The number of nitrogens with one attached hydrogen (secondary N) is 1. The molecule has 3 aromatic rings. The van der Waals surface area contributed by atoms with Gasteiger partial charge in [0.25, 0.3) is 0 Å². The molecule has 5 heteroatoms. The maximum absolute atomic E-state index is 9.98. The summed E-state index contributed by atoms with van der Waals surface area (Å²) in [6.45, 7) is 0. The molecule has 0 radical (unpaired) electrons. The molecule has 4 nitrogen and oxygen atoms in total. The van der Waals surface area contributed by atoms with E-state index in [0.29, 0.717) is 11.6 Å². The third kappa shape index (κ3) is 2.51. The molecule has 2 N–H and O–H groups in total. The summed E-state index contributed by atoms with van der Waals surface area (Å²) >= 11 is 6.36. The largest absolute Gasteiger partial charge is 0.507 e. The van der Waals surface area contributed by atoms with Gasteiger partial charge in [-0.15, -0.1) is 0 Å². The Morgan fingerprint density at radius 1 is 1.09 bits per heavy atom. The molecule has 114 valence electrons. The Morgan fingerprint density at radius 2 is 1.87 bits per heavy atom. The third-order valence-electron chi connectivity index (χ3n) is 4.05. The van der Waals surface area contributed by atoms with Crippen molar-refractivity contribution in [2.24, 2.45) is 5.10 Å². The summed E-state index contributed by atoms with van der Waals surface area (Å²) in [4.78, 5) is 4.46. The Balaban J connectivity index is 1.66. The van der Waals surface area contributed by atoms with Crippen LogP contribution in [0.3, 0.4) is 0 Å². The first-order chi connectivity index (χ1) is 11.2. The number of phenolic OH excluding ortho intramolecular Hbond substituents is 1. The molecule has 0 saturated carbocycles. The van der Waals surface area contributed by atoms with Crippen LogP contribution in [0.5, 0.6) is 5.75 Å². The Labute approximate surface area is 138 Å². The molecule has 0 spiro atoms. The van der Waals surface area contributed by atoms with E-state index in [1.165, 1.54) is 0 Å². The summed E-state index contributed by atoms with van der Waals surface area (Å²) < 4.78 is 0. The van der Waals surface area contributed by atoms with E-state index in [2.05, 4.69) is 15.5 Å². The lowest BCUT2D eigenvalue weighted by atomic mass is 9.98. The number of phenols is 1. The van der Waals surface area contributed by atoms with E-state index in [-0.39, 0.29) is 11.8 Å². The van der Waals surface area contributed by atoms with Gasteiger partial charge >= 0.3 is 0 Å². The summed E-state index contributed by atoms with van der Waals surface area (Å²) in [5.41, 5.74) is 6.46. The molecule has 0 unspecified atom stereocenters. The van der Waals surface area contributed by atoms with Gasteiger partial charge in [0.1, 0.15) is 10.9 Å². The molecule has 1 aliphatic rings. The monoisotopic (exact) mass is 323 g/mol. The predicted molar refractivity (Wildman–Crippen MR) is 91.9 cm³/mol. The van der Waals surface area contributed by atoms with Crippen molar-refractivity contribution in [3.63, 3.8) is 0 Å². The van der Waals surface area contributed by atoms with Crippen LogP contribution in [0.1, 0.15) is 23.6 Å². The molecule has 23 heavy (non-hydrogen) atoms. The van der Waals surface area contributed by atoms with E-state index < -0.39 is 0 Å². The van der Waals surface area contributed by atoms with Gasteiger partial charge in [0.05, 0.1) is 17.3 Å². The SMILES string of the molecule is Oc1ccccc1C1=NN[C@@H](c2cc3ccccc3nc2Cl)C1. The van der Waals surface area contributed by atoms with Crippen molar-refractivity contribution in [3.05, 3.63) is 70.9 Å². The third-order valence-corrected chi connectivity index (χ3v) is 4.35. The highest BCUT2D eigenvalue weighted by atomic mass is 35.5. The number of halogens is 1. The number of hydrazone groups is 1. The number of nitrogens with zero attached hydrogens (tertiary/aromatic N) is 2.